The molecule has 1 aliphatic heterocycles. The average molecular weight is 336 g/mol. The fraction of sp³-hybridized carbons (Fsp3) is 0.417. The number of aliphatic carboxylic acids is 1. The molecule has 1 aromatic rings. The second-order valence-electron chi connectivity index (χ2n) is 4.44. The summed E-state index contributed by atoms with van der Waals surface area (Å²) in [7, 11) is -2.51. The zero-order valence-corrected chi connectivity index (χ0v) is 12.6. The van der Waals surface area contributed by atoms with Gasteiger partial charge in [0.15, 0.2) is 6.10 Å². The van der Waals surface area contributed by atoms with E-state index in [1.54, 1.807) is 0 Å². The van der Waals surface area contributed by atoms with Crippen molar-refractivity contribution in [1.82, 2.24) is 4.72 Å². The fourth-order valence-corrected chi connectivity index (χ4v) is 3.85. The van der Waals surface area contributed by atoms with Crippen molar-refractivity contribution in [2.45, 2.75) is 23.5 Å². The lowest BCUT2D eigenvalue weighted by Gasteiger charge is -2.17. The minimum Gasteiger partial charge on any atom is -0.497 e. The van der Waals surface area contributed by atoms with Crippen LogP contribution in [-0.2, 0) is 19.6 Å². The van der Waals surface area contributed by atoms with Gasteiger partial charge in [-0.1, -0.05) is 11.6 Å². The Bertz CT molecular complexity index is 647. The number of carbonyl (C=O) groups is 1. The monoisotopic (exact) mass is 335 g/mol. The molecule has 0 aromatic heterocycles. The van der Waals surface area contributed by atoms with E-state index in [0.717, 1.165) is 0 Å². The van der Waals surface area contributed by atoms with Gasteiger partial charge in [-0.2, -0.15) is 0 Å². The lowest BCUT2D eigenvalue weighted by atomic mass is 10.1. The van der Waals surface area contributed by atoms with Gasteiger partial charge in [0.05, 0.1) is 18.2 Å². The molecular weight excluding hydrogens is 322 g/mol. The quantitative estimate of drug-likeness (QED) is 0.827. The van der Waals surface area contributed by atoms with Gasteiger partial charge in [0, 0.05) is 12.7 Å². The van der Waals surface area contributed by atoms with Crippen molar-refractivity contribution < 1.29 is 27.8 Å². The highest BCUT2D eigenvalue weighted by atomic mass is 35.5. The maximum Gasteiger partial charge on any atom is 0.334 e. The van der Waals surface area contributed by atoms with Gasteiger partial charge in [0.2, 0.25) is 10.0 Å². The molecule has 7 nitrogen and oxygen atoms in total. The van der Waals surface area contributed by atoms with E-state index in [-0.39, 0.29) is 22.9 Å². The largest absolute Gasteiger partial charge is 0.497 e. The van der Waals surface area contributed by atoms with E-state index in [1.165, 1.54) is 25.3 Å². The van der Waals surface area contributed by atoms with Gasteiger partial charge in [-0.25, -0.2) is 17.9 Å². The van der Waals surface area contributed by atoms with E-state index < -0.39 is 28.1 Å². The molecule has 0 unspecified atom stereocenters. The highest BCUT2D eigenvalue weighted by Crippen LogP contribution is 2.27. The first-order valence-electron chi connectivity index (χ1n) is 6.05. The van der Waals surface area contributed by atoms with Gasteiger partial charge in [-0.15, -0.1) is 0 Å². The summed E-state index contributed by atoms with van der Waals surface area (Å²) in [6.07, 6.45) is -0.916. The molecule has 1 aliphatic rings. The smallest absolute Gasteiger partial charge is 0.334 e. The number of carboxylic acid groups (broad SMARTS) is 1. The van der Waals surface area contributed by atoms with E-state index >= 15 is 0 Å². The molecule has 116 valence electrons. The number of hydrogen-bond donors (Lipinski definition) is 2. The molecule has 1 heterocycles. The molecule has 21 heavy (non-hydrogen) atoms. The Kier molecular flexibility index (Phi) is 4.72. The van der Waals surface area contributed by atoms with Crippen LogP contribution in [0.3, 0.4) is 0 Å². The zero-order chi connectivity index (χ0) is 15.6. The Morgan fingerprint density at radius 2 is 2.24 bits per heavy atom. The third-order valence-corrected chi connectivity index (χ3v) is 5.04. The summed E-state index contributed by atoms with van der Waals surface area (Å²) < 4.78 is 36.8. The third kappa shape index (κ3) is 3.46. The van der Waals surface area contributed by atoms with Gasteiger partial charge in [0.25, 0.3) is 0 Å². The van der Waals surface area contributed by atoms with Crippen LogP contribution in [0.4, 0.5) is 0 Å². The molecule has 0 amide bonds. The van der Waals surface area contributed by atoms with Gasteiger partial charge in [-0.05, 0) is 18.6 Å². The van der Waals surface area contributed by atoms with Crippen molar-refractivity contribution in [1.29, 1.82) is 0 Å². The number of carboxylic acids is 1. The molecule has 0 aliphatic carbocycles. The topological polar surface area (TPSA) is 102 Å². The maximum atomic E-state index is 12.3. The Hall–Kier alpha value is -1.35. The number of hydrogen-bond acceptors (Lipinski definition) is 5. The molecule has 2 rings (SSSR count). The predicted molar refractivity (Wildman–Crippen MR) is 74.1 cm³/mol. The van der Waals surface area contributed by atoms with E-state index in [9.17, 15) is 13.2 Å². The lowest BCUT2D eigenvalue weighted by Crippen LogP contribution is -2.44. The highest BCUT2D eigenvalue weighted by molar-refractivity contribution is 7.89. The van der Waals surface area contributed by atoms with Gasteiger partial charge < -0.3 is 14.6 Å². The molecule has 0 saturated carbocycles. The second-order valence-corrected chi connectivity index (χ2v) is 6.53. The number of sulfonamides is 1. The minimum atomic E-state index is -3.95. The van der Waals surface area contributed by atoms with Crippen LogP contribution >= 0.6 is 11.6 Å². The number of methoxy groups -OCH3 is 1. The van der Waals surface area contributed by atoms with Crippen molar-refractivity contribution >= 4 is 27.6 Å². The lowest BCUT2D eigenvalue weighted by molar-refractivity contribution is -0.147. The summed E-state index contributed by atoms with van der Waals surface area (Å²) >= 11 is 5.93. The molecule has 2 atom stereocenters. The molecule has 0 radical (unpaired) electrons. The van der Waals surface area contributed by atoms with Crippen molar-refractivity contribution in [3.63, 3.8) is 0 Å². The van der Waals surface area contributed by atoms with Crippen LogP contribution in [0.5, 0.6) is 5.75 Å². The van der Waals surface area contributed by atoms with Gasteiger partial charge in [-0.3, -0.25) is 0 Å². The Morgan fingerprint density at radius 3 is 2.81 bits per heavy atom. The van der Waals surface area contributed by atoms with Crippen molar-refractivity contribution in [3.8, 4) is 5.75 Å². The van der Waals surface area contributed by atoms with Crippen LogP contribution < -0.4 is 9.46 Å². The summed E-state index contributed by atoms with van der Waals surface area (Å²) in [5, 5.41) is 8.96. The Balaban J connectivity index is 2.24. The van der Waals surface area contributed by atoms with Crippen molar-refractivity contribution in [2.24, 2.45) is 0 Å². The Morgan fingerprint density at radius 1 is 1.52 bits per heavy atom. The maximum absolute atomic E-state index is 12.3. The van der Waals surface area contributed by atoms with Crippen LogP contribution in [0, 0.1) is 0 Å². The van der Waals surface area contributed by atoms with E-state index in [0.29, 0.717) is 5.75 Å². The van der Waals surface area contributed by atoms with Crippen LogP contribution in [-0.4, -0.2) is 45.4 Å². The summed E-state index contributed by atoms with van der Waals surface area (Å²) in [5.41, 5.74) is 0. The molecule has 1 fully saturated rings. The Labute approximate surface area is 126 Å². The molecule has 2 N–H and O–H groups in total. The van der Waals surface area contributed by atoms with E-state index in [2.05, 4.69) is 4.72 Å². The van der Waals surface area contributed by atoms with Crippen molar-refractivity contribution in [2.75, 3.05) is 13.7 Å². The number of nitrogens with one attached hydrogen (secondary N) is 1. The third-order valence-electron chi connectivity index (χ3n) is 3.07. The summed E-state index contributed by atoms with van der Waals surface area (Å²) in [5.74, 6) is -0.785. The SMILES string of the molecule is COc1ccc(S(=O)(=O)N[C@@H]2CCO[C@@H]2C(=O)O)c(Cl)c1. The second kappa shape index (κ2) is 6.18. The number of rotatable bonds is 5. The predicted octanol–water partition coefficient (Wildman–Crippen LogP) is 0.869. The number of benzene rings is 1. The zero-order valence-electron chi connectivity index (χ0n) is 11.1. The molecule has 0 bridgehead atoms. The molecule has 9 heteroatoms. The van der Waals surface area contributed by atoms with Gasteiger partial charge in [0.1, 0.15) is 10.6 Å². The first kappa shape index (κ1) is 16.0. The normalized spacial score (nSPS) is 22.2. The first-order chi connectivity index (χ1) is 9.85. The van der Waals surface area contributed by atoms with Crippen LogP contribution in [0.1, 0.15) is 6.42 Å². The van der Waals surface area contributed by atoms with Crippen LogP contribution in [0.2, 0.25) is 5.02 Å². The minimum absolute atomic E-state index is 0.00681. The standard InChI is InChI=1S/C12H14ClNO6S/c1-19-7-2-3-10(8(13)6-7)21(17,18)14-9-4-5-20-11(9)12(15)16/h2-3,6,9,11,14H,4-5H2,1H3,(H,15,16)/t9-,11+/m1/s1. The van der Waals surface area contributed by atoms with Crippen LogP contribution in [0.15, 0.2) is 23.1 Å². The fourth-order valence-electron chi connectivity index (χ4n) is 2.04. The summed E-state index contributed by atoms with van der Waals surface area (Å²) in [6.45, 7) is 0.181. The van der Waals surface area contributed by atoms with Gasteiger partial charge >= 0.3 is 5.97 Å². The molecule has 0 spiro atoms. The first-order valence-corrected chi connectivity index (χ1v) is 7.91. The highest BCUT2D eigenvalue weighted by Gasteiger charge is 2.37. The number of ether oxygens (including phenoxy) is 2. The molecule has 1 aromatic carbocycles. The van der Waals surface area contributed by atoms with Crippen molar-refractivity contribution in [3.05, 3.63) is 23.2 Å². The van der Waals surface area contributed by atoms with E-state index in [4.69, 9.17) is 26.2 Å². The van der Waals surface area contributed by atoms with Crippen LogP contribution in [0.25, 0.3) is 0 Å². The molecular formula is C12H14ClNO6S. The van der Waals surface area contributed by atoms with E-state index in [1.807, 2.05) is 0 Å². The molecule has 1 saturated heterocycles. The summed E-state index contributed by atoms with van der Waals surface area (Å²) in [4.78, 5) is 10.8. The summed E-state index contributed by atoms with van der Waals surface area (Å²) in [6, 6.07) is 3.30. The number of halogens is 1. The average Bonchev–Trinajstić information content (AvgIpc) is 2.85.